The Hall–Kier alpha value is -1.03. The summed E-state index contributed by atoms with van der Waals surface area (Å²) in [5.74, 6) is -0.952. The molecule has 0 bridgehead atoms. The van der Waals surface area contributed by atoms with E-state index < -0.39 is 5.97 Å². The van der Waals surface area contributed by atoms with E-state index in [1.165, 1.54) is 6.20 Å². The van der Waals surface area contributed by atoms with E-state index in [4.69, 9.17) is 9.84 Å². The van der Waals surface area contributed by atoms with E-state index >= 15 is 0 Å². The molecule has 0 fully saturated rings. The van der Waals surface area contributed by atoms with Gasteiger partial charge in [0.1, 0.15) is 0 Å². The van der Waals surface area contributed by atoms with E-state index in [2.05, 4.69) is 5.32 Å². The number of ether oxygens (including phenoxy) is 1. The van der Waals surface area contributed by atoms with Crippen molar-refractivity contribution in [2.45, 2.75) is 20.0 Å². The topological polar surface area (TPSA) is 58.6 Å². The first kappa shape index (κ1) is 11.0. The fourth-order valence-electron chi connectivity index (χ4n) is 0.708. The van der Waals surface area contributed by atoms with Crippen LogP contribution in [0.3, 0.4) is 0 Å². The number of aliphatic carboxylic acids is 1. The van der Waals surface area contributed by atoms with Crippen LogP contribution in [0.4, 0.5) is 0 Å². The Morgan fingerprint density at radius 2 is 2.42 bits per heavy atom. The van der Waals surface area contributed by atoms with Crippen LogP contribution in [-0.2, 0) is 9.53 Å². The van der Waals surface area contributed by atoms with Gasteiger partial charge in [0, 0.05) is 25.4 Å². The van der Waals surface area contributed by atoms with Crippen molar-refractivity contribution in [2.24, 2.45) is 0 Å². The molecule has 0 aromatic carbocycles. The maximum Gasteiger partial charge on any atom is 0.329 e. The quantitative estimate of drug-likeness (QED) is 0.577. The molecule has 0 aliphatic carbocycles. The molecule has 70 valence electrons. The molecule has 0 saturated carbocycles. The maximum atomic E-state index is 10.0. The van der Waals surface area contributed by atoms with Crippen molar-refractivity contribution in [3.8, 4) is 0 Å². The van der Waals surface area contributed by atoms with Gasteiger partial charge in [-0.15, -0.1) is 0 Å². The number of carbonyl (C=O) groups is 1. The van der Waals surface area contributed by atoms with E-state index in [1.54, 1.807) is 0 Å². The number of hydrogen-bond acceptors (Lipinski definition) is 3. The predicted octanol–water partition coefficient (Wildman–Crippen LogP) is 0.599. The smallest absolute Gasteiger partial charge is 0.329 e. The van der Waals surface area contributed by atoms with Gasteiger partial charge in [0.15, 0.2) is 0 Å². The third kappa shape index (κ3) is 7.08. The lowest BCUT2D eigenvalue weighted by atomic mass is 10.4. The van der Waals surface area contributed by atoms with E-state index in [0.29, 0.717) is 13.2 Å². The highest BCUT2D eigenvalue weighted by Crippen LogP contribution is 1.86. The summed E-state index contributed by atoms with van der Waals surface area (Å²) in [6, 6.07) is 0. The fourth-order valence-corrected chi connectivity index (χ4v) is 0.708. The van der Waals surface area contributed by atoms with Crippen LogP contribution in [0.1, 0.15) is 13.8 Å². The number of carboxylic acid groups (broad SMARTS) is 1. The van der Waals surface area contributed by atoms with Crippen molar-refractivity contribution < 1.29 is 14.6 Å². The van der Waals surface area contributed by atoms with Gasteiger partial charge in [0.25, 0.3) is 0 Å². The average molecular weight is 173 g/mol. The van der Waals surface area contributed by atoms with Crippen LogP contribution in [0.5, 0.6) is 0 Å². The second-order valence-corrected chi connectivity index (χ2v) is 2.35. The summed E-state index contributed by atoms with van der Waals surface area (Å²) in [7, 11) is 0. The summed E-state index contributed by atoms with van der Waals surface area (Å²) in [6.45, 7) is 5.14. The Morgan fingerprint density at radius 3 is 2.92 bits per heavy atom. The molecule has 4 heteroatoms. The molecule has 0 heterocycles. The lowest BCUT2D eigenvalue weighted by Crippen LogP contribution is -2.23. The normalized spacial score (nSPS) is 13.2. The Labute approximate surface area is 72.2 Å². The van der Waals surface area contributed by atoms with Crippen molar-refractivity contribution >= 4 is 5.97 Å². The highest BCUT2D eigenvalue weighted by atomic mass is 16.5. The number of hydrogen-bond donors (Lipinski definition) is 2. The highest BCUT2D eigenvalue weighted by Gasteiger charge is 1.96. The third-order valence-corrected chi connectivity index (χ3v) is 1.20. The second-order valence-electron chi connectivity index (χ2n) is 2.35. The van der Waals surface area contributed by atoms with Crippen LogP contribution in [0.2, 0.25) is 0 Å². The lowest BCUT2D eigenvalue weighted by Gasteiger charge is -2.10. The first-order valence-electron chi connectivity index (χ1n) is 3.91. The van der Waals surface area contributed by atoms with Gasteiger partial charge in [0.2, 0.25) is 0 Å². The van der Waals surface area contributed by atoms with Gasteiger partial charge in [-0.25, -0.2) is 4.79 Å². The van der Waals surface area contributed by atoms with Crippen LogP contribution >= 0.6 is 0 Å². The SMILES string of the molecule is CCOC(C)CN/C=C/C(=O)O. The minimum absolute atomic E-state index is 0.105. The van der Waals surface area contributed by atoms with Crippen LogP contribution in [0.15, 0.2) is 12.3 Å². The van der Waals surface area contributed by atoms with Crippen LogP contribution < -0.4 is 5.32 Å². The molecular weight excluding hydrogens is 158 g/mol. The van der Waals surface area contributed by atoms with E-state index in [9.17, 15) is 4.79 Å². The minimum Gasteiger partial charge on any atom is -0.478 e. The summed E-state index contributed by atoms with van der Waals surface area (Å²) in [5, 5.41) is 11.0. The fraction of sp³-hybridized carbons (Fsp3) is 0.625. The summed E-state index contributed by atoms with van der Waals surface area (Å²) in [5.41, 5.74) is 0. The predicted molar refractivity (Wildman–Crippen MR) is 45.9 cm³/mol. The largest absolute Gasteiger partial charge is 0.478 e. The molecule has 4 nitrogen and oxygen atoms in total. The number of rotatable bonds is 6. The molecule has 0 amide bonds. The Kier molecular flexibility index (Phi) is 6.09. The highest BCUT2D eigenvalue weighted by molar-refractivity contribution is 5.79. The van der Waals surface area contributed by atoms with Crippen LogP contribution in [-0.4, -0.2) is 30.3 Å². The average Bonchev–Trinajstić information content (AvgIpc) is 1.98. The zero-order valence-corrected chi connectivity index (χ0v) is 7.41. The van der Waals surface area contributed by atoms with Gasteiger partial charge in [-0.05, 0) is 13.8 Å². The minimum atomic E-state index is -0.952. The zero-order chi connectivity index (χ0) is 9.40. The molecule has 0 spiro atoms. The molecule has 0 radical (unpaired) electrons. The standard InChI is InChI=1S/C8H15NO3/c1-3-12-7(2)6-9-5-4-8(10)11/h4-5,7,9H,3,6H2,1-2H3,(H,10,11)/b5-4+. The van der Waals surface area contributed by atoms with Gasteiger partial charge < -0.3 is 15.2 Å². The monoisotopic (exact) mass is 173 g/mol. The number of carboxylic acids is 1. The van der Waals surface area contributed by atoms with E-state index in [-0.39, 0.29) is 6.10 Å². The first-order chi connectivity index (χ1) is 5.66. The van der Waals surface area contributed by atoms with Crippen LogP contribution in [0, 0.1) is 0 Å². The van der Waals surface area contributed by atoms with Gasteiger partial charge in [-0.2, -0.15) is 0 Å². The van der Waals surface area contributed by atoms with Crippen molar-refractivity contribution in [1.29, 1.82) is 0 Å². The molecule has 1 atom stereocenters. The van der Waals surface area contributed by atoms with Crippen molar-refractivity contribution in [1.82, 2.24) is 5.32 Å². The van der Waals surface area contributed by atoms with Crippen molar-refractivity contribution in [3.05, 3.63) is 12.3 Å². The van der Waals surface area contributed by atoms with Gasteiger partial charge >= 0.3 is 5.97 Å². The Balaban J connectivity index is 3.36. The number of nitrogens with one attached hydrogen (secondary N) is 1. The molecule has 0 rings (SSSR count). The molecule has 0 aromatic heterocycles. The summed E-state index contributed by atoms with van der Waals surface area (Å²) < 4.78 is 5.21. The third-order valence-electron chi connectivity index (χ3n) is 1.20. The lowest BCUT2D eigenvalue weighted by molar-refractivity contribution is -0.131. The molecule has 2 N–H and O–H groups in total. The summed E-state index contributed by atoms with van der Waals surface area (Å²) in [6.07, 6.45) is 2.56. The van der Waals surface area contributed by atoms with Crippen molar-refractivity contribution in [3.63, 3.8) is 0 Å². The molecule has 0 aromatic rings. The molecular formula is C8H15NO3. The Morgan fingerprint density at radius 1 is 1.75 bits per heavy atom. The maximum absolute atomic E-state index is 10.0. The second kappa shape index (κ2) is 6.67. The van der Waals surface area contributed by atoms with Gasteiger partial charge in [0.05, 0.1) is 6.10 Å². The van der Waals surface area contributed by atoms with Crippen LogP contribution in [0.25, 0.3) is 0 Å². The van der Waals surface area contributed by atoms with E-state index in [0.717, 1.165) is 6.08 Å². The molecule has 12 heavy (non-hydrogen) atoms. The molecule has 0 aliphatic rings. The van der Waals surface area contributed by atoms with Gasteiger partial charge in [-0.3, -0.25) is 0 Å². The molecule has 1 unspecified atom stereocenters. The van der Waals surface area contributed by atoms with Crippen molar-refractivity contribution in [2.75, 3.05) is 13.2 Å². The van der Waals surface area contributed by atoms with Gasteiger partial charge in [-0.1, -0.05) is 0 Å². The molecule has 0 saturated heterocycles. The zero-order valence-electron chi connectivity index (χ0n) is 7.41. The summed E-state index contributed by atoms with van der Waals surface area (Å²) in [4.78, 5) is 10.0. The Bertz CT molecular complexity index is 156. The first-order valence-corrected chi connectivity index (χ1v) is 3.91. The van der Waals surface area contributed by atoms with E-state index in [1.807, 2.05) is 13.8 Å². The molecule has 0 aliphatic heterocycles. The summed E-state index contributed by atoms with van der Waals surface area (Å²) >= 11 is 0.